The lowest BCUT2D eigenvalue weighted by Crippen LogP contribution is -2.31. The molecule has 0 aromatic carbocycles. The van der Waals surface area contributed by atoms with Gasteiger partial charge in [0.2, 0.25) is 5.91 Å². The highest BCUT2D eigenvalue weighted by Crippen LogP contribution is 2.65. The Hall–Kier alpha value is -1.10. The number of fused-ring (bicyclic) bond motifs is 5. The summed E-state index contributed by atoms with van der Waals surface area (Å²) in [6, 6.07) is 2.43. The van der Waals surface area contributed by atoms with Crippen molar-refractivity contribution in [3.63, 3.8) is 0 Å². The van der Waals surface area contributed by atoms with E-state index in [9.17, 15) is 4.79 Å². The smallest absolute Gasteiger partial charge is 0.230 e. The fraction of sp³-hybridized carbons (Fsp3) is 0.688. The van der Waals surface area contributed by atoms with Crippen LogP contribution >= 0.6 is 11.8 Å². The Labute approximate surface area is 129 Å². The van der Waals surface area contributed by atoms with Gasteiger partial charge >= 0.3 is 0 Å². The van der Waals surface area contributed by atoms with Crippen LogP contribution in [0.4, 0.5) is 0 Å². The third kappa shape index (κ3) is 2.45. The predicted molar refractivity (Wildman–Crippen MR) is 82.0 cm³/mol. The molecule has 1 aromatic rings. The summed E-state index contributed by atoms with van der Waals surface area (Å²) in [6.07, 6.45) is 4.21. The maximum atomic E-state index is 12.1. The Bertz CT molecular complexity index is 555. The minimum absolute atomic E-state index is 0.140. The molecule has 4 atom stereocenters. The first-order chi connectivity index (χ1) is 10.1. The largest absolute Gasteiger partial charge is 0.352 e. The van der Waals surface area contributed by atoms with Crippen molar-refractivity contribution >= 4 is 17.7 Å². The van der Waals surface area contributed by atoms with Gasteiger partial charge in [0, 0.05) is 17.4 Å². The molecule has 4 unspecified atom stereocenters. The number of carbonyl (C=O) groups excluding carboxylic acids is 1. The Balaban J connectivity index is 1.29. The first-order valence-corrected chi connectivity index (χ1v) is 8.85. The van der Waals surface area contributed by atoms with Crippen LogP contribution in [0, 0.1) is 37.5 Å². The topological polar surface area (TPSA) is 54.9 Å². The van der Waals surface area contributed by atoms with Crippen LogP contribution in [-0.4, -0.2) is 27.7 Å². The highest BCUT2D eigenvalue weighted by Gasteiger charge is 2.65. The van der Waals surface area contributed by atoms with E-state index in [2.05, 4.69) is 15.3 Å². The van der Waals surface area contributed by atoms with Crippen LogP contribution in [0.5, 0.6) is 0 Å². The second kappa shape index (κ2) is 4.97. The number of carbonyl (C=O) groups is 1. The first kappa shape index (κ1) is 13.6. The molecule has 2 bridgehead atoms. The van der Waals surface area contributed by atoms with Crippen molar-refractivity contribution in [3.05, 3.63) is 17.5 Å². The summed E-state index contributed by atoms with van der Waals surface area (Å²) in [5.74, 6) is 3.97. The summed E-state index contributed by atoms with van der Waals surface area (Å²) in [5, 5.41) is 3.95. The van der Waals surface area contributed by atoms with E-state index < -0.39 is 0 Å². The van der Waals surface area contributed by atoms with Gasteiger partial charge < -0.3 is 5.32 Å². The van der Waals surface area contributed by atoms with Gasteiger partial charge in [0.15, 0.2) is 5.16 Å². The average molecular weight is 303 g/mol. The fourth-order valence-electron chi connectivity index (χ4n) is 4.63. The summed E-state index contributed by atoms with van der Waals surface area (Å²) >= 11 is 1.44. The zero-order chi connectivity index (χ0) is 14.6. The summed E-state index contributed by atoms with van der Waals surface area (Å²) in [7, 11) is 0. The average Bonchev–Trinajstić information content (AvgIpc) is 2.82. The second-order valence-electron chi connectivity index (χ2n) is 6.80. The van der Waals surface area contributed by atoms with Gasteiger partial charge in [-0.05, 0) is 62.8 Å². The van der Waals surface area contributed by atoms with Crippen LogP contribution in [0.25, 0.3) is 0 Å². The quantitative estimate of drug-likeness (QED) is 0.685. The summed E-state index contributed by atoms with van der Waals surface area (Å²) in [4.78, 5) is 20.8. The van der Waals surface area contributed by atoms with E-state index >= 15 is 0 Å². The molecule has 21 heavy (non-hydrogen) atoms. The monoisotopic (exact) mass is 303 g/mol. The lowest BCUT2D eigenvalue weighted by molar-refractivity contribution is -0.118. The van der Waals surface area contributed by atoms with Gasteiger partial charge in [0.1, 0.15) is 0 Å². The number of nitrogens with one attached hydrogen (secondary N) is 1. The summed E-state index contributed by atoms with van der Waals surface area (Å²) in [6.45, 7) is 3.92. The molecule has 1 aromatic heterocycles. The molecule has 0 aliphatic heterocycles. The van der Waals surface area contributed by atoms with Gasteiger partial charge in [-0.1, -0.05) is 11.8 Å². The molecule has 0 radical (unpaired) electrons. The Morgan fingerprint density at radius 3 is 2.48 bits per heavy atom. The lowest BCUT2D eigenvalue weighted by Gasteiger charge is -2.10. The van der Waals surface area contributed by atoms with Gasteiger partial charge in [-0.3, -0.25) is 4.79 Å². The van der Waals surface area contributed by atoms with E-state index in [1.807, 2.05) is 19.9 Å². The van der Waals surface area contributed by atoms with Gasteiger partial charge in [-0.25, -0.2) is 9.97 Å². The predicted octanol–water partition coefficient (Wildman–Crippen LogP) is 2.35. The normalized spacial score (nSPS) is 35.6. The molecule has 1 N–H and O–H groups in total. The maximum absolute atomic E-state index is 12.1. The number of amides is 1. The minimum atomic E-state index is 0.140. The number of nitrogens with zero attached hydrogens (tertiary/aromatic N) is 2. The number of hydrogen-bond donors (Lipinski definition) is 1. The first-order valence-electron chi connectivity index (χ1n) is 7.86. The highest BCUT2D eigenvalue weighted by molar-refractivity contribution is 7.99. The molecular weight excluding hydrogens is 282 g/mol. The zero-order valence-electron chi connectivity index (χ0n) is 12.5. The Kier molecular flexibility index (Phi) is 3.21. The second-order valence-corrected chi connectivity index (χ2v) is 7.75. The summed E-state index contributed by atoms with van der Waals surface area (Å²) < 4.78 is 0. The van der Waals surface area contributed by atoms with Crippen molar-refractivity contribution in [2.24, 2.45) is 23.7 Å². The van der Waals surface area contributed by atoms with Gasteiger partial charge in [0.25, 0.3) is 0 Å². The third-order valence-corrected chi connectivity index (χ3v) is 6.20. The molecule has 3 aliphatic rings. The molecule has 0 saturated heterocycles. The molecule has 1 amide bonds. The van der Waals surface area contributed by atoms with E-state index in [1.54, 1.807) is 0 Å². The molecule has 3 fully saturated rings. The van der Waals surface area contributed by atoms with Gasteiger partial charge in [-0.15, -0.1) is 0 Å². The van der Waals surface area contributed by atoms with Crippen molar-refractivity contribution in [1.82, 2.24) is 15.3 Å². The molecule has 4 rings (SSSR count). The number of rotatable bonds is 4. The maximum Gasteiger partial charge on any atom is 0.230 e. The number of thioether (sulfide) groups is 1. The van der Waals surface area contributed by atoms with E-state index in [0.29, 0.717) is 17.0 Å². The van der Waals surface area contributed by atoms with Crippen LogP contribution in [0.15, 0.2) is 11.2 Å². The van der Waals surface area contributed by atoms with Crippen molar-refractivity contribution < 1.29 is 4.79 Å². The lowest BCUT2D eigenvalue weighted by atomic mass is 10.0. The van der Waals surface area contributed by atoms with E-state index in [-0.39, 0.29) is 5.91 Å². The molecule has 5 heteroatoms. The van der Waals surface area contributed by atoms with Crippen LogP contribution < -0.4 is 5.32 Å². The standard InChI is InChI=1S/C16H21N3OS/c1-8-5-9(2)18-16(17-8)21-7-12(20)19-15-13-10-3-4-11(6-10)14(13)15/h5,10-11,13-15H,3-4,6-7H2,1-2H3,(H,19,20). The van der Waals surface area contributed by atoms with Crippen LogP contribution in [0.1, 0.15) is 30.7 Å². The Morgan fingerprint density at radius 2 is 1.86 bits per heavy atom. The van der Waals surface area contributed by atoms with Crippen molar-refractivity contribution in [2.45, 2.75) is 44.3 Å². The van der Waals surface area contributed by atoms with Crippen LogP contribution in [-0.2, 0) is 4.79 Å². The van der Waals surface area contributed by atoms with Crippen molar-refractivity contribution in [1.29, 1.82) is 0 Å². The highest BCUT2D eigenvalue weighted by atomic mass is 32.2. The molecule has 3 aliphatic carbocycles. The number of aryl methyl sites for hydroxylation is 2. The molecule has 0 spiro atoms. The fourth-order valence-corrected chi connectivity index (χ4v) is 5.39. The third-order valence-electron chi connectivity index (χ3n) is 5.36. The van der Waals surface area contributed by atoms with E-state index in [4.69, 9.17) is 0 Å². The van der Waals surface area contributed by atoms with Gasteiger partial charge in [-0.2, -0.15) is 0 Å². The van der Waals surface area contributed by atoms with E-state index in [0.717, 1.165) is 35.1 Å². The number of hydrogen-bond acceptors (Lipinski definition) is 4. The van der Waals surface area contributed by atoms with E-state index in [1.165, 1.54) is 31.0 Å². The summed E-state index contributed by atoms with van der Waals surface area (Å²) in [5.41, 5.74) is 1.91. The Morgan fingerprint density at radius 1 is 1.24 bits per heavy atom. The SMILES string of the molecule is Cc1cc(C)nc(SCC(=O)NC2C3C4CCC(C4)C23)n1. The van der Waals surface area contributed by atoms with Crippen molar-refractivity contribution in [3.8, 4) is 0 Å². The molecule has 1 heterocycles. The molecule has 4 nitrogen and oxygen atoms in total. The van der Waals surface area contributed by atoms with Crippen LogP contribution in [0.2, 0.25) is 0 Å². The molecule has 112 valence electrons. The van der Waals surface area contributed by atoms with Gasteiger partial charge in [0.05, 0.1) is 5.75 Å². The van der Waals surface area contributed by atoms with Crippen molar-refractivity contribution in [2.75, 3.05) is 5.75 Å². The minimum Gasteiger partial charge on any atom is -0.352 e. The molecule has 3 saturated carbocycles. The molecular formula is C16H21N3OS. The van der Waals surface area contributed by atoms with Crippen LogP contribution in [0.3, 0.4) is 0 Å². The zero-order valence-corrected chi connectivity index (χ0v) is 13.3. The number of aromatic nitrogens is 2.